The second kappa shape index (κ2) is 6.35. The van der Waals surface area contributed by atoms with Crippen molar-refractivity contribution in [2.75, 3.05) is 25.5 Å². The van der Waals surface area contributed by atoms with E-state index in [0.29, 0.717) is 18.3 Å². The van der Waals surface area contributed by atoms with Crippen LogP contribution in [-0.4, -0.2) is 31.1 Å². The number of rotatable bonds is 3. The van der Waals surface area contributed by atoms with Gasteiger partial charge in [0.2, 0.25) is 0 Å². The molecule has 114 valence electrons. The summed E-state index contributed by atoms with van der Waals surface area (Å²) in [4.78, 5) is 2.23. The van der Waals surface area contributed by atoms with Crippen molar-refractivity contribution in [3.63, 3.8) is 0 Å². The minimum absolute atomic E-state index is 0.337. The molecular weight excluding hydrogens is 279 g/mol. The molecule has 1 fully saturated rings. The highest BCUT2D eigenvalue weighted by Crippen LogP contribution is 2.33. The van der Waals surface area contributed by atoms with Crippen molar-refractivity contribution in [1.29, 1.82) is 5.26 Å². The van der Waals surface area contributed by atoms with Crippen LogP contribution in [0, 0.1) is 11.3 Å². The van der Waals surface area contributed by atoms with Gasteiger partial charge in [-0.1, -0.05) is 6.42 Å². The molecule has 1 aliphatic heterocycles. The number of likely N-dealkylation sites (tertiary alicyclic amines) is 1. The molecule has 0 aromatic heterocycles. The van der Waals surface area contributed by atoms with E-state index in [1.54, 1.807) is 6.07 Å². The maximum absolute atomic E-state index is 12.9. The smallest absolute Gasteiger partial charge is 0.383 e. The van der Waals surface area contributed by atoms with E-state index in [0.717, 1.165) is 25.5 Å². The second-order valence-corrected chi connectivity index (χ2v) is 5.38. The lowest BCUT2D eigenvalue weighted by molar-refractivity contribution is -0.137. The van der Waals surface area contributed by atoms with Gasteiger partial charge in [-0.05, 0) is 44.6 Å². The molecule has 0 aliphatic carbocycles. The summed E-state index contributed by atoms with van der Waals surface area (Å²) in [5, 5.41) is 11.8. The number of anilines is 1. The number of likely N-dealkylation sites (N-methyl/N-ethyl adjacent to an activating group) is 1. The van der Waals surface area contributed by atoms with Crippen LogP contribution in [0.3, 0.4) is 0 Å². The Morgan fingerprint density at radius 3 is 2.76 bits per heavy atom. The Morgan fingerprint density at radius 2 is 2.14 bits per heavy atom. The summed E-state index contributed by atoms with van der Waals surface area (Å²) in [5.74, 6) is 0. The summed E-state index contributed by atoms with van der Waals surface area (Å²) in [6.45, 7) is 1.63. The molecule has 0 amide bonds. The van der Waals surface area contributed by atoms with Crippen molar-refractivity contribution in [2.45, 2.75) is 31.5 Å². The SMILES string of the molecule is CN1CCCCC1CNc1ccc(C#N)c(C(F)(F)F)c1. The van der Waals surface area contributed by atoms with Gasteiger partial charge in [0.25, 0.3) is 0 Å². The third-order valence-electron chi connectivity index (χ3n) is 3.91. The number of piperidine rings is 1. The molecule has 21 heavy (non-hydrogen) atoms. The second-order valence-electron chi connectivity index (χ2n) is 5.38. The first-order valence-corrected chi connectivity index (χ1v) is 6.97. The molecule has 1 atom stereocenters. The predicted molar refractivity (Wildman–Crippen MR) is 74.9 cm³/mol. The van der Waals surface area contributed by atoms with Crippen LogP contribution < -0.4 is 5.32 Å². The van der Waals surface area contributed by atoms with Crippen LogP contribution in [0.25, 0.3) is 0 Å². The number of alkyl halides is 3. The highest BCUT2D eigenvalue weighted by atomic mass is 19.4. The Hall–Kier alpha value is -1.74. The van der Waals surface area contributed by atoms with Crippen LogP contribution in [0.2, 0.25) is 0 Å². The normalized spacial score (nSPS) is 20.0. The summed E-state index contributed by atoms with van der Waals surface area (Å²) < 4.78 is 38.7. The summed E-state index contributed by atoms with van der Waals surface area (Å²) in [5.41, 5.74) is -0.824. The molecule has 1 aromatic carbocycles. The Balaban J connectivity index is 2.09. The monoisotopic (exact) mass is 297 g/mol. The first kappa shape index (κ1) is 15.6. The van der Waals surface area contributed by atoms with Crippen molar-refractivity contribution in [3.05, 3.63) is 29.3 Å². The summed E-state index contributed by atoms with van der Waals surface area (Å²) in [7, 11) is 2.03. The lowest BCUT2D eigenvalue weighted by Gasteiger charge is -2.32. The van der Waals surface area contributed by atoms with Crippen molar-refractivity contribution in [2.24, 2.45) is 0 Å². The number of nitrogens with zero attached hydrogens (tertiary/aromatic N) is 2. The molecule has 1 heterocycles. The number of hydrogen-bond donors (Lipinski definition) is 1. The van der Waals surface area contributed by atoms with Gasteiger partial charge in [0, 0.05) is 18.3 Å². The number of hydrogen-bond acceptors (Lipinski definition) is 3. The van der Waals surface area contributed by atoms with Crippen LogP contribution in [0.15, 0.2) is 18.2 Å². The maximum Gasteiger partial charge on any atom is 0.417 e. The van der Waals surface area contributed by atoms with Gasteiger partial charge in [-0.25, -0.2) is 0 Å². The van der Waals surface area contributed by atoms with Gasteiger partial charge >= 0.3 is 6.18 Å². The van der Waals surface area contributed by atoms with Crippen LogP contribution in [-0.2, 0) is 6.18 Å². The quantitative estimate of drug-likeness (QED) is 0.928. The largest absolute Gasteiger partial charge is 0.417 e. The average molecular weight is 297 g/mol. The zero-order valence-electron chi connectivity index (χ0n) is 11.9. The van der Waals surface area contributed by atoms with Gasteiger partial charge in [0.15, 0.2) is 0 Å². The summed E-state index contributed by atoms with van der Waals surface area (Å²) in [6, 6.07) is 5.68. The standard InChI is InChI=1S/C15H18F3N3/c1-21-7-3-2-4-13(21)10-20-12-6-5-11(9-19)14(8-12)15(16,17)18/h5-6,8,13,20H,2-4,7,10H2,1H3. The number of nitriles is 1. The highest BCUT2D eigenvalue weighted by molar-refractivity contribution is 5.53. The molecule has 6 heteroatoms. The Morgan fingerprint density at radius 1 is 1.38 bits per heavy atom. The molecule has 1 unspecified atom stereocenters. The van der Waals surface area contributed by atoms with E-state index in [9.17, 15) is 13.2 Å². The van der Waals surface area contributed by atoms with Gasteiger partial charge in [-0.3, -0.25) is 0 Å². The highest BCUT2D eigenvalue weighted by Gasteiger charge is 2.33. The van der Waals surface area contributed by atoms with Crippen molar-refractivity contribution >= 4 is 5.69 Å². The molecule has 0 bridgehead atoms. The fourth-order valence-corrected chi connectivity index (χ4v) is 2.62. The molecule has 1 aliphatic rings. The van der Waals surface area contributed by atoms with Crippen molar-refractivity contribution in [3.8, 4) is 6.07 Å². The van der Waals surface area contributed by atoms with E-state index in [-0.39, 0.29) is 5.56 Å². The van der Waals surface area contributed by atoms with E-state index < -0.39 is 11.7 Å². The first-order valence-electron chi connectivity index (χ1n) is 6.97. The molecule has 1 aromatic rings. The lowest BCUT2D eigenvalue weighted by atomic mass is 10.0. The van der Waals surface area contributed by atoms with Gasteiger partial charge in [0.1, 0.15) is 0 Å². The van der Waals surface area contributed by atoms with E-state index in [1.165, 1.54) is 18.6 Å². The minimum atomic E-state index is -4.51. The van der Waals surface area contributed by atoms with Gasteiger partial charge in [-0.15, -0.1) is 0 Å². The van der Waals surface area contributed by atoms with Crippen LogP contribution in [0.4, 0.5) is 18.9 Å². The maximum atomic E-state index is 12.9. The van der Waals surface area contributed by atoms with E-state index in [2.05, 4.69) is 10.2 Å². The van der Waals surface area contributed by atoms with Gasteiger partial charge in [0.05, 0.1) is 17.2 Å². The lowest BCUT2D eigenvalue weighted by Crippen LogP contribution is -2.40. The van der Waals surface area contributed by atoms with Crippen molar-refractivity contribution < 1.29 is 13.2 Å². The molecule has 0 saturated carbocycles. The van der Waals surface area contributed by atoms with E-state index in [1.807, 2.05) is 7.05 Å². The number of nitrogens with one attached hydrogen (secondary N) is 1. The number of benzene rings is 1. The van der Waals surface area contributed by atoms with E-state index >= 15 is 0 Å². The third-order valence-corrected chi connectivity index (χ3v) is 3.91. The molecule has 2 rings (SSSR count). The zero-order chi connectivity index (χ0) is 15.5. The van der Waals surface area contributed by atoms with Gasteiger partial charge < -0.3 is 10.2 Å². The topological polar surface area (TPSA) is 39.1 Å². The van der Waals surface area contributed by atoms with Gasteiger partial charge in [-0.2, -0.15) is 18.4 Å². The Labute approximate surface area is 122 Å². The predicted octanol–water partition coefficient (Wildman–Crippen LogP) is 3.47. The van der Waals surface area contributed by atoms with Crippen LogP contribution in [0.5, 0.6) is 0 Å². The molecule has 1 N–H and O–H groups in total. The molecular formula is C15H18F3N3. The molecule has 0 radical (unpaired) electrons. The zero-order valence-corrected chi connectivity index (χ0v) is 11.9. The van der Waals surface area contributed by atoms with E-state index in [4.69, 9.17) is 5.26 Å². The molecule has 3 nitrogen and oxygen atoms in total. The summed E-state index contributed by atoms with van der Waals surface area (Å²) >= 11 is 0. The van der Waals surface area contributed by atoms with Crippen LogP contribution in [0.1, 0.15) is 30.4 Å². The van der Waals surface area contributed by atoms with Crippen molar-refractivity contribution in [1.82, 2.24) is 4.90 Å². The average Bonchev–Trinajstić information content (AvgIpc) is 2.45. The Bertz CT molecular complexity index is 534. The third kappa shape index (κ3) is 3.88. The fraction of sp³-hybridized carbons (Fsp3) is 0.533. The summed E-state index contributed by atoms with van der Waals surface area (Å²) in [6.07, 6.45) is -1.14. The molecule has 1 saturated heterocycles. The minimum Gasteiger partial charge on any atom is -0.383 e. The number of halogens is 3. The fourth-order valence-electron chi connectivity index (χ4n) is 2.62. The Kier molecular flexibility index (Phi) is 4.73. The molecule has 0 spiro atoms. The van der Waals surface area contributed by atoms with Crippen LogP contribution >= 0.6 is 0 Å². The first-order chi connectivity index (χ1) is 9.91.